The predicted molar refractivity (Wildman–Crippen MR) is 63.8 cm³/mol. The Morgan fingerprint density at radius 2 is 2.22 bits per heavy atom. The fourth-order valence-corrected chi connectivity index (χ4v) is 1.97. The van der Waals surface area contributed by atoms with E-state index in [9.17, 15) is 4.79 Å². The van der Waals surface area contributed by atoms with Gasteiger partial charge in [-0.05, 0) is 17.7 Å². The van der Waals surface area contributed by atoms with Crippen molar-refractivity contribution in [1.82, 2.24) is 4.90 Å². The molecular weight excluding hydrogens is 232 g/mol. The van der Waals surface area contributed by atoms with E-state index in [0.717, 1.165) is 5.56 Å². The number of carboxylic acid groups (broad SMARTS) is 1. The van der Waals surface area contributed by atoms with Crippen molar-refractivity contribution in [2.75, 3.05) is 19.8 Å². The molecule has 1 fully saturated rings. The molecule has 1 aromatic carbocycles. The summed E-state index contributed by atoms with van der Waals surface area (Å²) in [6, 6.07) is 8.66. The fourth-order valence-electron chi connectivity index (χ4n) is 1.97. The molecular formula is C13H14N2O3. The molecule has 2 rings (SSSR count). The summed E-state index contributed by atoms with van der Waals surface area (Å²) in [5.74, 6) is -0.858. The monoisotopic (exact) mass is 246 g/mol. The molecule has 1 saturated heterocycles. The van der Waals surface area contributed by atoms with E-state index < -0.39 is 12.0 Å². The lowest BCUT2D eigenvalue weighted by molar-refractivity contribution is -0.150. The summed E-state index contributed by atoms with van der Waals surface area (Å²) < 4.78 is 5.18. The van der Waals surface area contributed by atoms with E-state index in [0.29, 0.717) is 25.3 Å². The molecule has 1 aliphatic rings. The minimum Gasteiger partial charge on any atom is -0.480 e. The second kappa shape index (κ2) is 5.63. The van der Waals surface area contributed by atoms with Crippen molar-refractivity contribution in [1.29, 1.82) is 5.26 Å². The van der Waals surface area contributed by atoms with Gasteiger partial charge in [0, 0.05) is 13.1 Å². The number of hydrogen-bond acceptors (Lipinski definition) is 4. The first-order chi connectivity index (χ1) is 8.70. The van der Waals surface area contributed by atoms with E-state index in [-0.39, 0.29) is 6.61 Å². The van der Waals surface area contributed by atoms with Crippen LogP contribution in [0.4, 0.5) is 0 Å². The van der Waals surface area contributed by atoms with Gasteiger partial charge in [-0.15, -0.1) is 0 Å². The SMILES string of the molecule is N#Cc1ccc(CN2CCOCC2C(=O)O)cc1. The van der Waals surface area contributed by atoms with Crippen molar-refractivity contribution in [3.05, 3.63) is 35.4 Å². The zero-order valence-corrected chi connectivity index (χ0v) is 9.87. The summed E-state index contributed by atoms with van der Waals surface area (Å²) in [7, 11) is 0. The highest BCUT2D eigenvalue weighted by atomic mass is 16.5. The van der Waals surface area contributed by atoms with Crippen LogP contribution in [-0.2, 0) is 16.1 Å². The van der Waals surface area contributed by atoms with Crippen LogP contribution in [0.1, 0.15) is 11.1 Å². The lowest BCUT2D eigenvalue weighted by Crippen LogP contribution is -2.49. The Balaban J connectivity index is 2.06. The van der Waals surface area contributed by atoms with Crippen molar-refractivity contribution in [2.45, 2.75) is 12.6 Å². The van der Waals surface area contributed by atoms with Gasteiger partial charge in [-0.1, -0.05) is 12.1 Å². The van der Waals surface area contributed by atoms with Gasteiger partial charge >= 0.3 is 5.97 Å². The lowest BCUT2D eigenvalue weighted by Gasteiger charge is -2.32. The maximum absolute atomic E-state index is 11.1. The van der Waals surface area contributed by atoms with Gasteiger partial charge in [0.15, 0.2) is 0 Å². The van der Waals surface area contributed by atoms with Crippen LogP contribution in [-0.4, -0.2) is 41.8 Å². The van der Waals surface area contributed by atoms with Crippen LogP contribution >= 0.6 is 0 Å². The molecule has 0 saturated carbocycles. The Morgan fingerprint density at radius 3 is 2.83 bits per heavy atom. The third kappa shape index (κ3) is 2.86. The average molecular weight is 246 g/mol. The number of nitrogens with zero attached hydrogens (tertiary/aromatic N) is 2. The topological polar surface area (TPSA) is 73.6 Å². The lowest BCUT2D eigenvalue weighted by atomic mass is 10.1. The first-order valence-electron chi connectivity index (χ1n) is 5.74. The summed E-state index contributed by atoms with van der Waals surface area (Å²) in [5, 5.41) is 17.8. The van der Waals surface area contributed by atoms with E-state index in [2.05, 4.69) is 6.07 Å². The summed E-state index contributed by atoms with van der Waals surface area (Å²) in [6.07, 6.45) is 0. The number of nitriles is 1. The van der Waals surface area contributed by atoms with Gasteiger partial charge in [-0.2, -0.15) is 5.26 Å². The average Bonchev–Trinajstić information content (AvgIpc) is 2.40. The van der Waals surface area contributed by atoms with Gasteiger partial charge in [0.1, 0.15) is 6.04 Å². The molecule has 94 valence electrons. The number of ether oxygens (including phenoxy) is 1. The second-order valence-electron chi connectivity index (χ2n) is 4.21. The largest absolute Gasteiger partial charge is 0.480 e. The molecule has 0 radical (unpaired) electrons. The number of morpholine rings is 1. The zero-order valence-electron chi connectivity index (χ0n) is 9.87. The number of hydrogen-bond donors (Lipinski definition) is 1. The highest BCUT2D eigenvalue weighted by Crippen LogP contribution is 2.13. The standard InChI is InChI=1S/C13H14N2O3/c14-7-10-1-3-11(4-2-10)8-15-5-6-18-9-12(15)13(16)17/h1-4,12H,5-6,8-9H2,(H,16,17). The van der Waals surface area contributed by atoms with Crippen LogP contribution < -0.4 is 0 Å². The van der Waals surface area contributed by atoms with Crippen molar-refractivity contribution < 1.29 is 14.6 Å². The summed E-state index contributed by atoms with van der Waals surface area (Å²) >= 11 is 0. The van der Waals surface area contributed by atoms with Crippen molar-refractivity contribution in [3.63, 3.8) is 0 Å². The first-order valence-corrected chi connectivity index (χ1v) is 5.74. The van der Waals surface area contributed by atoms with Crippen LogP contribution in [0.5, 0.6) is 0 Å². The Bertz CT molecular complexity index is 464. The second-order valence-corrected chi connectivity index (χ2v) is 4.21. The molecule has 18 heavy (non-hydrogen) atoms. The number of aliphatic carboxylic acids is 1. The number of carbonyl (C=O) groups is 1. The molecule has 1 aliphatic heterocycles. The first kappa shape index (κ1) is 12.6. The van der Waals surface area contributed by atoms with E-state index in [4.69, 9.17) is 15.1 Å². The van der Waals surface area contributed by atoms with Crippen molar-refractivity contribution >= 4 is 5.97 Å². The van der Waals surface area contributed by atoms with Gasteiger partial charge in [0.05, 0.1) is 24.8 Å². The highest BCUT2D eigenvalue weighted by Gasteiger charge is 2.28. The summed E-state index contributed by atoms with van der Waals surface area (Å²) in [5.41, 5.74) is 1.61. The Kier molecular flexibility index (Phi) is 3.92. The third-order valence-electron chi connectivity index (χ3n) is 2.99. The smallest absolute Gasteiger partial charge is 0.323 e. The van der Waals surface area contributed by atoms with Crippen LogP contribution in [0.3, 0.4) is 0 Å². The van der Waals surface area contributed by atoms with Crippen LogP contribution in [0.25, 0.3) is 0 Å². The van der Waals surface area contributed by atoms with Crippen LogP contribution in [0.15, 0.2) is 24.3 Å². The maximum Gasteiger partial charge on any atom is 0.323 e. The van der Waals surface area contributed by atoms with E-state index in [1.807, 2.05) is 17.0 Å². The molecule has 0 aliphatic carbocycles. The molecule has 0 aromatic heterocycles. The predicted octanol–water partition coefficient (Wildman–Crippen LogP) is 0.844. The van der Waals surface area contributed by atoms with Crippen molar-refractivity contribution in [2.24, 2.45) is 0 Å². The van der Waals surface area contributed by atoms with Gasteiger partial charge in [0.25, 0.3) is 0 Å². The molecule has 0 spiro atoms. The summed E-state index contributed by atoms with van der Waals surface area (Å²) in [4.78, 5) is 13.0. The summed E-state index contributed by atoms with van der Waals surface area (Å²) in [6.45, 7) is 1.95. The molecule has 1 N–H and O–H groups in total. The van der Waals surface area contributed by atoms with Crippen LogP contribution in [0, 0.1) is 11.3 Å². The normalized spacial score (nSPS) is 20.3. The Morgan fingerprint density at radius 1 is 1.50 bits per heavy atom. The van der Waals surface area contributed by atoms with E-state index in [1.165, 1.54) is 0 Å². The molecule has 1 unspecified atom stereocenters. The fraction of sp³-hybridized carbons (Fsp3) is 0.385. The van der Waals surface area contributed by atoms with Gasteiger partial charge in [0.2, 0.25) is 0 Å². The Labute approximate surface area is 105 Å². The van der Waals surface area contributed by atoms with Crippen LogP contribution in [0.2, 0.25) is 0 Å². The number of carboxylic acids is 1. The molecule has 0 bridgehead atoms. The van der Waals surface area contributed by atoms with Gasteiger partial charge < -0.3 is 9.84 Å². The quantitative estimate of drug-likeness (QED) is 0.855. The van der Waals surface area contributed by atoms with Gasteiger partial charge in [-0.25, -0.2) is 0 Å². The highest BCUT2D eigenvalue weighted by molar-refractivity contribution is 5.73. The zero-order chi connectivity index (χ0) is 13.0. The molecule has 1 heterocycles. The molecule has 0 amide bonds. The number of rotatable bonds is 3. The molecule has 5 heteroatoms. The van der Waals surface area contributed by atoms with E-state index in [1.54, 1.807) is 12.1 Å². The molecule has 5 nitrogen and oxygen atoms in total. The molecule has 1 atom stereocenters. The van der Waals surface area contributed by atoms with Gasteiger partial charge in [-0.3, -0.25) is 9.69 Å². The minimum atomic E-state index is -0.858. The maximum atomic E-state index is 11.1. The van der Waals surface area contributed by atoms with Crippen molar-refractivity contribution in [3.8, 4) is 6.07 Å². The van der Waals surface area contributed by atoms with E-state index >= 15 is 0 Å². The molecule has 1 aromatic rings. The number of benzene rings is 1. The minimum absolute atomic E-state index is 0.228. The Hall–Kier alpha value is -1.90. The third-order valence-corrected chi connectivity index (χ3v) is 2.99.